The summed E-state index contributed by atoms with van der Waals surface area (Å²) >= 11 is 0. The van der Waals surface area contributed by atoms with Crippen LogP contribution < -0.4 is 5.73 Å². The minimum atomic E-state index is -1.01. The first-order valence-electron chi connectivity index (χ1n) is 6.71. The van der Waals surface area contributed by atoms with E-state index in [9.17, 15) is 9.59 Å². The van der Waals surface area contributed by atoms with Crippen LogP contribution in [0.1, 0.15) is 36.7 Å². The van der Waals surface area contributed by atoms with Gasteiger partial charge in [0, 0.05) is 6.54 Å². The van der Waals surface area contributed by atoms with Crippen LogP contribution in [0.2, 0.25) is 0 Å². The number of aromatic carboxylic acids is 1. The highest BCUT2D eigenvalue weighted by atomic mass is 16.6. The number of hydrogen-bond acceptors (Lipinski definition) is 4. The van der Waals surface area contributed by atoms with E-state index < -0.39 is 17.7 Å². The summed E-state index contributed by atoms with van der Waals surface area (Å²) in [4.78, 5) is 24.2. The number of carbonyl (C=O) groups excluding carboxylic acids is 1. The second-order valence-corrected chi connectivity index (χ2v) is 5.86. The van der Waals surface area contributed by atoms with Crippen LogP contribution >= 0.6 is 0 Å². The van der Waals surface area contributed by atoms with Crippen LogP contribution in [0.15, 0.2) is 24.3 Å². The Kier molecular flexibility index (Phi) is 5.50. The molecule has 0 saturated heterocycles. The first-order valence-corrected chi connectivity index (χ1v) is 6.71. The van der Waals surface area contributed by atoms with Crippen molar-refractivity contribution in [2.45, 2.75) is 32.9 Å². The molecule has 0 aliphatic carbocycles. The lowest BCUT2D eigenvalue weighted by Gasteiger charge is -2.27. The van der Waals surface area contributed by atoms with Gasteiger partial charge in [-0.2, -0.15) is 0 Å². The lowest BCUT2D eigenvalue weighted by atomic mass is 10.1. The molecule has 1 amide bonds. The predicted octanol–water partition coefficient (Wildman–Crippen LogP) is 2.06. The SMILES string of the molecule is CC(C)(C)OC(=O)N(CC(=N)N)Cc1ccc(C(=O)O)cc1. The van der Waals surface area contributed by atoms with Crippen molar-refractivity contribution < 1.29 is 19.4 Å². The second-order valence-electron chi connectivity index (χ2n) is 5.86. The van der Waals surface area contributed by atoms with Gasteiger partial charge in [-0.15, -0.1) is 0 Å². The number of amides is 1. The number of carbonyl (C=O) groups is 2. The number of rotatable bonds is 5. The maximum atomic E-state index is 12.1. The van der Waals surface area contributed by atoms with E-state index in [0.29, 0.717) is 0 Å². The lowest BCUT2D eigenvalue weighted by molar-refractivity contribution is 0.0263. The van der Waals surface area contributed by atoms with E-state index >= 15 is 0 Å². The molecule has 0 aromatic heterocycles. The number of nitrogens with zero attached hydrogens (tertiary/aromatic N) is 1. The van der Waals surface area contributed by atoms with Crippen LogP contribution in [0.3, 0.4) is 0 Å². The Balaban J connectivity index is 2.86. The number of nitrogens with one attached hydrogen (secondary N) is 1. The van der Waals surface area contributed by atoms with Gasteiger partial charge < -0.3 is 15.6 Å². The first kappa shape index (κ1) is 17.5. The van der Waals surface area contributed by atoms with E-state index in [2.05, 4.69) is 0 Å². The summed E-state index contributed by atoms with van der Waals surface area (Å²) < 4.78 is 5.28. The first-order chi connectivity index (χ1) is 10.1. The summed E-state index contributed by atoms with van der Waals surface area (Å²) in [5.41, 5.74) is 5.60. The third-order valence-corrected chi connectivity index (χ3v) is 2.59. The Morgan fingerprint density at radius 1 is 1.27 bits per heavy atom. The molecule has 0 saturated carbocycles. The number of nitrogens with two attached hydrogens (primary N) is 1. The topological polar surface area (TPSA) is 117 Å². The van der Waals surface area contributed by atoms with E-state index in [1.165, 1.54) is 17.0 Å². The Labute approximate surface area is 129 Å². The molecular weight excluding hydrogens is 286 g/mol. The molecule has 1 aromatic carbocycles. The summed E-state index contributed by atoms with van der Waals surface area (Å²) in [6, 6.07) is 6.14. The fraction of sp³-hybridized carbons (Fsp3) is 0.400. The Morgan fingerprint density at radius 2 is 1.82 bits per heavy atom. The molecular formula is C15H21N3O4. The molecule has 0 spiro atoms. The van der Waals surface area contributed by atoms with Crippen LogP contribution in [0.25, 0.3) is 0 Å². The van der Waals surface area contributed by atoms with E-state index in [4.69, 9.17) is 21.0 Å². The highest BCUT2D eigenvalue weighted by molar-refractivity contribution is 5.87. The fourth-order valence-corrected chi connectivity index (χ4v) is 1.69. The van der Waals surface area contributed by atoms with Crippen molar-refractivity contribution in [1.82, 2.24) is 4.90 Å². The maximum Gasteiger partial charge on any atom is 0.410 e. The highest BCUT2D eigenvalue weighted by Gasteiger charge is 2.22. The third kappa shape index (κ3) is 5.82. The molecule has 7 heteroatoms. The van der Waals surface area contributed by atoms with E-state index in [-0.39, 0.29) is 24.5 Å². The average molecular weight is 307 g/mol. The third-order valence-electron chi connectivity index (χ3n) is 2.59. The molecule has 7 nitrogen and oxygen atoms in total. The number of carboxylic acid groups (broad SMARTS) is 1. The van der Waals surface area contributed by atoms with E-state index in [1.54, 1.807) is 32.9 Å². The van der Waals surface area contributed by atoms with Gasteiger partial charge in [0.2, 0.25) is 0 Å². The van der Waals surface area contributed by atoms with Crippen molar-refractivity contribution in [3.05, 3.63) is 35.4 Å². The number of carboxylic acids is 1. The second kappa shape index (κ2) is 6.93. The van der Waals surface area contributed by atoms with Gasteiger partial charge in [0.05, 0.1) is 12.1 Å². The molecule has 1 aromatic rings. The zero-order valence-corrected chi connectivity index (χ0v) is 12.9. The number of ether oxygens (including phenoxy) is 1. The smallest absolute Gasteiger partial charge is 0.410 e. The van der Waals surface area contributed by atoms with Gasteiger partial charge in [0.15, 0.2) is 0 Å². The molecule has 120 valence electrons. The quantitative estimate of drug-likeness (QED) is 0.568. The van der Waals surface area contributed by atoms with Gasteiger partial charge in [-0.3, -0.25) is 10.3 Å². The predicted molar refractivity (Wildman–Crippen MR) is 82.0 cm³/mol. The molecule has 0 radical (unpaired) electrons. The van der Waals surface area contributed by atoms with Gasteiger partial charge in [-0.05, 0) is 38.5 Å². The monoisotopic (exact) mass is 307 g/mol. The molecule has 0 atom stereocenters. The van der Waals surface area contributed by atoms with E-state index in [1.807, 2.05) is 0 Å². The summed E-state index contributed by atoms with van der Waals surface area (Å²) in [6.45, 7) is 5.36. The molecule has 0 aliphatic rings. The van der Waals surface area contributed by atoms with Crippen LogP contribution in [0.5, 0.6) is 0 Å². The van der Waals surface area contributed by atoms with Crippen molar-refractivity contribution in [3.63, 3.8) is 0 Å². The van der Waals surface area contributed by atoms with Crippen LogP contribution in [0, 0.1) is 5.41 Å². The van der Waals surface area contributed by atoms with Crippen LogP contribution in [0.4, 0.5) is 4.79 Å². The van der Waals surface area contributed by atoms with Crippen molar-refractivity contribution in [2.75, 3.05) is 6.54 Å². The van der Waals surface area contributed by atoms with Gasteiger partial charge in [0.1, 0.15) is 11.4 Å². The summed E-state index contributed by atoms with van der Waals surface area (Å²) in [7, 11) is 0. The number of benzene rings is 1. The molecule has 0 fully saturated rings. The summed E-state index contributed by atoms with van der Waals surface area (Å²) in [5.74, 6) is -1.17. The van der Waals surface area contributed by atoms with Crippen molar-refractivity contribution in [3.8, 4) is 0 Å². The normalized spacial score (nSPS) is 10.9. The van der Waals surface area contributed by atoms with Gasteiger partial charge in [-0.25, -0.2) is 9.59 Å². The van der Waals surface area contributed by atoms with Gasteiger partial charge >= 0.3 is 12.1 Å². The largest absolute Gasteiger partial charge is 0.478 e. The zero-order chi connectivity index (χ0) is 16.9. The molecule has 0 aliphatic heterocycles. The van der Waals surface area contributed by atoms with Crippen LogP contribution in [-0.4, -0.2) is 40.1 Å². The highest BCUT2D eigenvalue weighted by Crippen LogP contribution is 2.13. The Hall–Kier alpha value is -2.57. The van der Waals surface area contributed by atoms with Crippen LogP contribution in [-0.2, 0) is 11.3 Å². The van der Waals surface area contributed by atoms with Crippen molar-refractivity contribution in [1.29, 1.82) is 5.41 Å². The van der Waals surface area contributed by atoms with E-state index in [0.717, 1.165) is 5.56 Å². The van der Waals surface area contributed by atoms with Gasteiger partial charge in [-0.1, -0.05) is 12.1 Å². The molecule has 22 heavy (non-hydrogen) atoms. The molecule has 0 unspecified atom stereocenters. The van der Waals surface area contributed by atoms with Crippen molar-refractivity contribution in [2.24, 2.45) is 5.73 Å². The molecule has 0 bridgehead atoms. The maximum absolute atomic E-state index is 12.1. The number of amidine groups is 1. The minimum absolute atomic E-state index is 0.0599. The molecule has 4 N–H and O–H groups in total. The average Bonchev–Trinajstić information content (AvgIpc) is 2.36. The Morgan fingerprint density at radius 3 is 2.23 bits per heavy atom. The van der Waals surface area contributed by atoms with Gasteiger partial charge in [0.25, 0.3) is 0 Å². The zero-order valence-electron chi connectivity index (χ0n) is 12.9. The molecule has 1 rings (SSSR count). The standard InChI is InChI=1S/C15H21N3O4/c1-15(2,3)22-14(21)18(9-12(16)17)8-10-4-6-11(7-5-10)13(19)20/h4-7H,8-9H2,1-3H3,(H3,16,17)(H,19,20). The minimum Gasteiger partial charge on any atom is -0.478 e. The molecule has 0 heterocycles. The lowest BCUT2D eigenvalue weighted by Crippen LogP contribution is -2.41. The fourth-order valence-electron chi connectivity index (χ4n) is 1.69. The summed E-state index contributed by atoms with van der Waals surface area (Å²) in [6.07, 6.45) is -0.579. The van der Waals surface area contributed by atoms with Crippen molar-refractivity contribution >= 4 is 17.9 Å². The summed E-state index contributed by atoms with van der Waals surface area (Å²) in [5, 5.41) is 16.2. The number of hydrogen-bond donors (Lipinski definition) is 3. The Bertz CT molecular complexity index is 561.